The van der Waals surface area contributed by atoms with Gasteiger partial charge in [0.25, 0.3) is 10.1 Å². The molecule has 0 atom stereocenters. The molecule has 0 aromatic heterocycles. The second-order valence-corrected chi connectivity index (χ2v) is 11.5. The van der Waals surface area contributed by atoms with Crippen molar-refractivity contribution in [3.8, 4) is 0 Å². The molecule has 0 aliphatic rings. The minimum Gasteiger partial charge on any atom is -0.742 e. The van der Waals surface area contributed by atoms with Gasteiger partial charge in [0.2, 0.25) is 0 Å². The Morgan fingerprint density at radius 3 is 1.39 bits per heavy atom. The molecule has 0 spiro atoms. The molecule has 1 aromatic carbocycles. The van der Waals surface area contributed by atoms with Gasteiger partial charge in [0, 0.05) is 17.8 Å². The minimum atomic E-state index is -3.74. The fraction of sp³-hybridized carbons (Fsp3) is 0.704. The smallest absolute Gasteiger partial charge is 0.742 e. The van der Waals surface area contributed by atoms with Crippen LogP contribution >= 0.6 is 11.8 Å². The van der Waals surface area contributed by atoms with Gasteiger partial charge >= 0.3 is 29.6 Å². The van der Waals surface area contributed by atoms with Crippen molar-refractivity contribution in [2.45, 2.75) is 25.7 Å². The fourth-order valence-corrected chi connectivity index (χ4v) is 3.81. The first-order valence-corrected chi connectivity index (χ1v) is 16.3. The molecule has 44 heavy (non-hydrogen) atoms. The van der Waals surface area contributed by atoms with Gasteiger partial charge in [-0.05, 0) is 26.0 Å². The molecule has 0 aliphatic carbocycles. The number of ether oxygens (including phenoxy) is 6. The van der Waals surface area contributed by atoms with Crippen LogP contribution in [-0.4, -0.2) is 134 Å². The average molecular weight is 699 g/mol. The molecule has 2 N–H and O–H groups in total. The van der Waals surface area contributed by atoms with Crippen LogP contribution in [0.4, 0.5) is 0 Å². The van der Waals surface area contributed by atoms with Gasteiger partial charge in [0.15, 0.2) is 5.12 Å². The van der Waals surface area contributed by atoms with E-state index in [0.29, 0.717) is 78.4 Å². The summed E-state index contributed by atoms with van der Waals surface area (Å²) in [5.41, 5.74) is 0.981. The molecular formula is C27H47NaO13S3. The summed E-state index contributed by atoms with van der Waals surface area (Å²) in [5.74, 6) is 0.689. The summed E-state index contributed by atoms with van der Waals surface area (Å²) in [7, 11) is -3.74. The van der Waals surface area contributed by atoms with Gasteiger partial charge in [-0.1, -0.05) is 29.5 Å². The Balaban J connectivity index is -0.000000699. The summed E-state index contributed by atoms with van der Waals surface area (Å²) >= 11 is 5.24. The number of rotatable bonds is 24. The molecular weight excluding hydrogens is 651 g/mol. The summed E-state index contributed by atoms with van der Waals surface area (Å²) in [6, 6.07) is 6.46. The van der Waals surface area contributed by atoms with E-state index in [2.05, 4.69) is 12.6 Å². The Hall–Kier alpha value is -0.280. The van der Waals surface area contributed by atoms with Crippen molar-refractivity contribution in [2.24, 2.45) is 0 Å². The summed E-state index contributed by atoms with van der Waals surface area (Å²) in [6.45, 7) is 9.72. The maximum absolute atomic E-state index is 11.9. The van der Waals surface area contributed by atoms with E-state index in [0.717, 1.165) is 5.56 Å². The van der Waals surface area contributed by atoms with Crippen molar-refractivity contribution in [1.29, 1.82) is 0 Å². The Morgan fingerprint density at radius 1 is 0.682 bits per heavy atom. The molecule has 1 aromatic rings. The molecule has 0 bridgehead atoms. The quantitative estimate of drug-likeness (QED) is 0.0532. The zero-order valence-electron chi connectivity index (χ0n) is 26.2. The summed E-state index contributed by atoms with van der Waals surface area (Å²) in [4.78, 5) is 19.9. The van der Waals surface area contributed by atoms with Crippen molar-refractivity contribution in [2.75, 3.05) is 105 Å². The zero-order valence-corrected chi connectivity index (χ0v) is 30.7. The SMILES string of the molecule is CC(=O)SCCOCCOCCOCCO.CC(=O)[S-].Cc1ccc(S(=O)(=O)OCCOCCOCCOCCO)cc1.[Na+]. The van der Waals surface area contributed by atoms with E-state index in [1.807, 2.05) is 6.92 Å². The van der Waals surface area contributed by atoms with E-state index >= 15 is 0 Å². The maximum Gasteiger partial charge on any atom is 1.00 e. The van der Waals surface area contributed by atoms with Crippen LogP contribution in [-0.2, 0) is 64.9 Å². The van der Waals surface area contributed by atoms with E-state index in [1.54, 1.807) is 19.1 Å². The molecule has 252 valence electrons. The third kappa shape index (κ3) is 37.9. The van der Waals surface area contributed by atoms with E-state index < -0.39 is 10.1 Å². The van der Waals surface area contributed by atoms with Crippen molar-refractivity contribution >= 4 is 44.7 Å². The maximum atomic E-state index is 11.9. The Morgan fingerprint density at radius 2 is 1.02 bits per heavy atom. The van der Waals surface area contributed by atoms with Crippen molar-refractivity contribution < 1.29 is 90.4 Å². The number of aliphatic hydroxyl groups excluding tert-OH is 2. The summed E-state index contributed by atoms with van der Waals surface area (Å²) in [6.07, 6.45) is 0. The third-order valence-electron chi connectivity index (χ3n) is 4.27. The fourth-order valence-electron chi connectivity index (χ4n) is 2.43. The van der Waals surface area contributed by atoms with Gasteiger partial charge < -0.3 is 56.1 Å². The zero-order chi connectivity index (χ0) is 32.6. The number of carbonyl (C=O) groups excluding carboxylic acids is 2. The minimum absolute atomic E-state index is 0. The number of aliphatic hydroxyl groups is 2. The average Bonchev–Trinajstić information content (AvgIpc) is 2.95. The largest absolute Gasteiger partial charge is 1.00 e. The number of thioether (sulfide) groups is 1. The van der Waals surface area contributed by atoms with Gasteiger partial charge in [-0.2, -0.15) is 8.42 Å². The summed E-state index contributed by atoms with van der Waals surface area (Å²) in [5, 5.41) is 16.8. The van der Waals surface area contributed by atoms with Crippen molar-refractivity contribution in [1.82, 2.24) is 0 Å². The predicted octanol–water partition coefficient (Wildman–Crippen LogP) is -1.87. The Labute approximate surface area is 293 Å². The molecule has 0 heterocycles. The number of carbonyl (C=O) groups is 2. The van der Waals surface area contributed by atoms with Crippen LogP contribution in [0, 0.1) is 6.92 Å². The van der Waals surface area contributed by atoms with Crippen LogP contribution in [0.5, 0.6) is 0 Å². The normalized spacial score (nSPS) is 10.6. The van der Waals surface area contributed by atoms with Gasteiger partial charge in [0.05, 0.1) is 104 Å². The number of hydrogen-bond acceptors (Lipinski definition) is 15. The van der Waals surface area contributed by atoms with Crippen LogP contribution in [0.1, 0.15) is 19.4 Å². The predicted molar refractivity (Wildman–Crippen MR) is 165 cm³/mol. The number of aryl methyl sites for hydroxylation is 1. The van der Waals surface area contributed by atoms with Crippen molar-refractivity contribution in [3.63, 3.8) is 0 Å². The molecule has 17 heteroatoms. The molecule has 1 rings (SSSR count). The van der Waals surface area contributed by atoms with Crippen LogP contribution in [0.2, 0.25) is 0 Å². The van der Waals surface area contributed by atoms with E-state index in [1.165, 1.54) is 30.8 Å². The van der Waals surface area contributed by atoms with Gasteiger partial charge in [-0.15, -0.1) is 0 Å². The monoisotopic (exact) mass is 698 g/mol. The van der Waals surface area contributed by atoms with E-state index in [4.69, 9.17) is 42.8 Å². The third-order valence-corrected chi connectivity index (χ3v) is 6.37. The van der Waals surface area contributed by atoms with Crippen LogP contribution in [0.15, 0.2) is 29.2 Å². The second-order valence-electron chi connectivity index (χ2n) is 8.04. The molecule has 0 saturated heterocycles. The Bertz CT molecular complexity index is 888. The molecule has 0 saturated carbocycles. The topological polar surface area (TPSA) is 173 Å². The van der Waals surface area contributed by atoms with Crippen LogP contribution < -0.4 is 29.6 Å². The van der Waals surface area contributed by atoms with E-state index in [9.17, 15) is 18.0 Å². The first-order valence-electron chi connectivity index (χ1n) is 13.5. The molecule has 0 amide bonds. The van der Waals surface area contributed by atoms with Gasteiger partial charge in [-0.3, -0.25) is 8.98 Å². The molecule has 0 radical (unpaired) electrons. The van der Waals surface area contributed by atoms with E-state index in [-0.39, 0.29) is 71.1 Å². The van der Waals surface area contributed by atoms with Crippen LogP contribution in [0.3, 0.4) is 0 Å². The summed E-state index contributed by atoms with van der Waals surface area (Å²) < 4.78 is 59.5. The standard InChI is InChI=1S/C15H24O7S.C10H20O5S.C2H4OS.Na/c1-14-2-4-15(5-3-14)23(17,18)22-13-12-21-11-10-20-9-8-19-7-6-16;1-10(12)16-9-8-15-7-6-14-5-4-13-3-2-11;1-2(3)4;/h2-5,16H,6-13H2,1H3;11H,2-9H2,1H3;1H3,(H,3,4);/q;;;+1/p-1. The molecule has 0 aliphatic heterocycles. The number of benzene rings is 1. The Kier molecular flexibility index (Phi) is 38.9. The first kappa shape index (κ1) is 48.1. The van der Waals surface area contributed by atoms with Gasteiger partial charge in [0.1, 0.15) is 0 Å². The molecule has 0 unspecified atom stereocenters. The molecule has 13 nitrogen and oxygen atoms in total. The second kappa shape index (κ2) is 35.6. The number of hydrogen-bond donors (Lipinski definition) is 2. The van der Waals surface area contributed by atoms with Crippen LogP contribution in [0.25, 0.3) is 0 Å². The first-order chi connectivity index (χ1) is 20.6. The van der Waals surface area contributed by atoms with Crippen molar-refractivity contribution in [3.05, 3.63) is 29.8 Å². The van der Waals surface area contributed by atoms with Gasteiger partial charge in [-0.25, -0.2) is 0 Å². The molecule has 0 fully saturated rings.